The summed E-state index contributed by atoms with van der Waals surface area (Å²) >= 11 is 8.39. The molecule has 2 aromatic rings. The van der Waals surface area contributed by atoms with Gasteiger partial charge in [-0.1, -0.05) is 15.9 Å². The molecule has 7 nitrogen and oxygen atoms in total. The van der Waals surface area contributed by atoms with Crippen molar-refractivity contribution in [3.05, 3.63) is 46.8 Å². The minimum absolute atomic E-state index is 0.0245. The predicted molar refractivity (Wildman–Crippen MR) is 87.4 cm³/mol. The molecule has 0 saturated heterocycles. The predicted octanol–water partition coefficient (Wildman–Crippen LogP) is 1.45. The van der Waals surface area contributed by atoms with Crippen LogP contribution in [0.25, 0.3) is 0 Å². The van der Waals surface area contributed by atoms with Crippen LogP contribution >= 0.6 is 28.1 Å². The van der Waals surface area contributed by atoms with Gasteiger partial charge >= 0.3 is 0 Å². The van der Waals surface area contributed by atoms with Crippen molar-refractivity contribution in [1.29, 1.82) is 0 Å². The van der Waals surface area contributed by atoms with Gasteiger partial charge in [0, 0.05) is 22.6 Å². The molecule has 108 valence electrons. The number of halogens is 1. The monoisotopic (exact) mass is 366 g/mol. The average molecular weight is 367 g/mol. The first-order chi connectivity index (χ1) is 10.1. The van der Waals surface area contributed by atoms with Crippen LogP contribution < -0.4 is 21.9 Å². The summed E-state index contributed by atoms with van der Waals surface area (Å²) in [5, 5.41) is 3.14. The molecule has 2 rings (SSSR count). The quantitative estimate of drug-likeness (QED) is 0.470. The van der Waals surface area contributed by atoms with Crippen molar-refractivity contribution >= 4 is 50.7 Å². The van der Waals surface area contributed by atoms with E-state index in [1.165, 1.54) is 12.4 Å². The summed E-state index contributed by atoms with van der Waals surface area (Å²) in [5.41, 5.74) is 11.3. The average Bonchev–Trinajstić information content (AvgIpc) is 2.48. The molecule has 0 fully saturated rings. The summed E-state index contributed by atoms with van der Waals surface area (Å²) in [6, 6.07) is 7.40. The molecular weight excluding hydrogens is 356 g/mol. The van der Waals surface area contributed by atoms with Gasteiger partial charge in [-0.05, 0) is 36.5 Å². The van der Waals surface area contributed by atoms with E-state index < -0.39 is 5.91 Å². The number of nitrogens with one attached hydrogen (secondary N) is 3. The lowest BCUT2D eigenvalue weighted by atomic mass is 10.3. The Bertz CT molecular complexity index is 663. The highest BCUT2D eigenvalue weighted by Crippen LogP contribution is 2.13. The number of aromatic nitrogens is 2. The van der Waals surface area contributed by atoms with E-state index in [1.807, 2.05) is 24.3 Å². The fourth-order valence-electron chi connectivity index (χ4n) is 1.39. The zero-order chi connectivity index (χ0) is 15.2. The first-order valence-electron chi connectivity index (χ1n) is 5.75. The number of nitrogens with zero attached hydrogens (tertiary/aromatic N) is 2. The smallest absolute Gasteiger partial charge is 0.292 e. The highest BCUT2D eigenvalue weighted by Gasteiger charge is 2.11. The SMILES string of the molecule is Nc1nccnc1C(=O)NNC(=S)Nc1ccc(Br)cc1. The van der Waals surface area contributed by atoms with Crippen LogP contribution in [-0.2, 0) is 0 Å². The minimum atomic E-state index is -0.527. The lowest BCUT2D eigenvalue weighted by Crippen LogP contribution is -2.44. The Morgan fingerprint density at radius 3 is 2.48 bits per heavy atom. The molecule has 9 heteroatoms. The van der Waals surface area contributed by atoms with E-state index in [4.69, 9.17) is 18.0 Å². The molecule has 1 heterocycles. The van der Waals surface area contributed by atoms with Crippen LogP contribution in [0.5, 0.6) is 0 Å². The number of rotatable bonds is 2. The van der Waals surface area contributed by atoms with Crippen molar-refractivity contribution in [1.82, 2.24) is 20.8 Å². The van der Waals surface area contributed by atoms with Crippen molar-refractivity contribution in [3.63, 3.8) is 0 Å². The molecule has 1 aromatic carbocycles. The molecule has 21 heavy (non-hydrogen) atoms. The summed E-state index contributed by atoms with van der Waals surface area (Å²) in [6.45, 7) is 0. The van der Waals surface area contributed by atoms with Crippen LogP contribution in [0.3, 0.4) is 0 Å². The van der Waals surface area contributed by atoms with Gasteiger partial charge in [0.2, 0.25) is 0 Å². The molecule has 1 aromatic heterocycles. The number of carbonyl (C=O) groups excluding carboxylic acids is 1. The van der Waals surface area contributed by atoms with Crippen molar-refractivity contribution in [2.75, 3.05) is 11.1 Å². The summed E-state index contributed by atoms with van der Waals surface area (Å²) in [6.07, 6.45) is 2.78. The maximum absolute atomic E-state index is 11.8. The second kappa shape index (κ2) is 6.95. The van der Waals surface area contributed by atoms with Crippen LogP contribution in [0.4, 0.5) is 11.5 Å². The van der Waals surface area contributed by atoms with Crippen LogP contribution in [0.1, 0.15) is 10.5 Å². The van der Waals surface area contributed by atoms with Gasteiger partial charge in [-0.2, -0.15) is 0 Å². The molecule has 0 unspecified atom stereocenters. The van der Waals surface area contributed by atoms with Gasteiger partial charge in [-0.15, -0.1) is 0 Å². The molecule has 5 N–H and O–H groups in total. The topological polar surface area (TPSA) is 105 Å². The molecule has 0 bridgehead atoms. The van der Waals surface area contributed by atoms with Crippen molar-refractivity contribution in [2.45, 2.75) is 0 Å². The third-order valence-corrected chi connectivity index (χ3v) is 3.07. The Hall–Kier alpha value is -2.26. The van der Waals surface area contributed by atoms with E-state index in [0.717, 1.165) is 10.2 Å². The van der Waals surface area contributed by atoms with Crippen LogP contribution in [-0.4, -0.2) is 21.0 Å². The molecule has 0 aliphatic heterocycles. The summed E-state index contributed by atoms with van der Waals surface area (Å²) in [4.78, 5) is 19.4. The van der Waals surface area contributed by atoms with Gasteiger partial charge in [-0.25, -0.2) is 9.97 Å². The molecule has 0 radical (unpaired) electrons. The Morgan fingerprint density at radius 1 is 1.14 bits per heavy atom. The lowest BCUT2D eigenvalue weighted by molar-refractivity contribution is 0.0940. The fourth-order valence-corrected chi connectivity index (χ4v) is 1.83. The van der Waals surface area contributed by atoms with Crippen LogP contribution in [0.15, 0.2) is 41.1 Å². The number of anilines is 2. The number of benzene rings is 1. The second-order valence-electron chi connectivity index (χ2n) is 3.83. The van der Waals surface area contributed by atoms with Crippen LogP contribution in [0.2, 0.25) is 0 Å². The van der Waals surface area contributed by atoms with Gasteiger partial charge in [0.15, 0.2) is 16.6 Å². The number of nitrogen functional groups attached to an aromatic ring is 1. The van der Waals surface area contributed by atoms with E-state index in [9.17, 15) is 4.79 Å². The third-order valence-electron chi connectivity index (χ3n) is 2.33. The van der Waals surface area contributed by atoms with E-state index in [0.29, 0.717) is 0 Å². The van der Waals surface area contributed by atoms with Gasteiger partial charge in [-0.3, -0.25) is 15.6 Å². The van der Waals surface area contributed by atoms with Gasteiger partial charge in [0.25, 0.3) is 5.91 Å². The number of hydrogen-bond donors (Lipinski definition) is 4. The summed E-state index contributed by atoms with van der Waals surface area (Å²) in [5.74, 6) is -0.482. The van der Waals surface area contributed by atoms with Gasteiger partial charge in [0.05, 0.1) is 0 Å². The summed E-state index contributed by atoms with van der Waals surface area (Å²) in [7, 11) is 0. The number of nitrogens with two attached hydrogens (primary N) is 1. The van der Waals surface area contributed by atoms with Crippen molar-refractivity contribution < 1.29 is 4.79 Å². The van der Waals surface area contributed by atoms with Crippen LogP contribution in [0, 0.1) is 0 Å². The number of hydrogen-bond acceptors (Lipinski definition) is 5. The lowest BCUT2D eigenvalue weighted by Gasteiger charge is -2.11. The Labute approximate surface area is 134 Å². The Kier molecular flexibility index (Phi) is 5.01. The van der Waals surface area contributed by atoms with E-state index >= 15 is 0 Å². The van der Waals surface area contributed by atoms with E-state index in [2.05, 4.69) is 42.1 Å². The third kappa shape index (κ3) is 4.36. The maximum atomic E-state index is 11.8. The number of carbonyl (C=O) groups is 1. The van der Waals surface area contributed by atoms with Crippen molar-refractivity contribution in [3.8, 4) is 0 Å². The minimum Gasteiger partial charge on any atom is -0.382 e. The maximum Gasteiger partial charge on any atom is 0.292 e. The van der Waals surface area contributed by atoms with Gasteiger partial charge in [0.1, 0.15) is 0 Å². The van der Waals surface area contributed by atoms with Gasteiger partial charge < -0.3 is 11.1 Å². The molecule has 0 atom stereocenters. The Morgan fingerprint density at radius 2 is 1.81 bits per heavy atom. The second-order valence-corrected chi connectivity index (χ2v) is 5.15. The number of thiocarbonyl (C=S) groups is 1. The highest BCUT2D eigenvalue weighted by molar-refractivity contribution is 9.10. The van der Waals surface area contributed by atoms with E-state index in [-0.39, 0.29) is 16.6 Å². The fraction of sp³-hybridized carbons (Fsp3) is 0. The molecule has 0 spiro atoms. The molecule has 0 aliphatic rings. The molecule has 0 saturated carbocycles. The molecule has 1 amide bonds. The highest BCUT2D eigenvalue weighted by atomic mass is 79.9. The number of amides is 1. The largest absolute Gasteiger partial charge is 0.382 e. The standard InChI is InChI=1S/C12H11BrN6OS/c13-7-1-3-8(4-2-7)17-12(21)19-18-11(20)9-10(14)16-6-5-15-9/h1-6H,(H2,14,16)(H,18,20)(H2,17,19,21). The molecular formula is C12H11BrN6OS. The Balaban J connectivity index is 1.88. The normalized spacial score (nSPS) is 9.76. The first kappa shape index (κ1) is 15.1. The number of hydrazine groups is 1. The van der Waals surface area contributed by atoms with E-state index in [1.54, 1.807) is 0 Å². The first-order valence-corrected chi connectivity index (χ1v) is 6.96. The van der Waals surface area contributed by atoms with Crippen molar-refractivity contribution in [2.24, 2.45) is 0 Å². The molecule has 0 aliphatic carbocycles. The zero-order valence-corrected chi connectivity index (χ0v) is 13.0. The zero-order valence-electron chi connectivity index (χ0n) is 10.6. The summed E-state index contributed by atoms with van der Waals surface area (Å²) < 4.78 is 0.957.